The normalized spacial score (nSPS) is 19.7. The minimum Gasteiger partial charge on any atom is -0.487 e. The van der Waals surface area contributed by atoms with Crippen molar-refractivity contribution in [3.63, 3.8) is 0 Å². The van der Waals surface area contributed by atoms with Gasteiger partial charge in [-0.25, -0.2) is 13.1 Å². The van der Waals surface area contributed by atoms with Crippen molar-refractivity contribution in [2.45, 2.75) is 63.0 Å². The fraction of sp³-hybridized carbons (Fsp3) is 0.435. The van der Waals surface area contributed by atoms with Gasteiger partial charge in [0.25, 0.3) is 0 Å². The zero-order chi connectivity index (χ0) is 21.5. The van der Waals surface area contributed by atoms with E-state index in [9.17, 15) is 13.2 Å². The van der Waals surface area contributed by atoms with E-state index >= 15 is 0 Å². The van der Waals surface area contributed by atoms with Crippen molar-refractivity contribution in [3.05, 3.63) is 53.6 Å². The Morgan fingerprint density at radius 2 is 1.93 bits per heavy atom. The lowest BCUT2D eigenvalue weighted by molar-refractivity contribution is -0.116. The molecule has 2 aliphatic heterocycles. The Labute approximate surface area is 178 Å². The summed E-state index contributed by atoms with van der Waals surface area (Å²) in [6.07, 6.45) is 2.85. The smallest absolute Gasteiger partial charge is 0.241 e. The summed E-state index contributed by atoms with van der Waals surface area (Å²) in [5.74, 6) is 0.711. The number of sulfonamides is 1. The molecule has 0 fully saturated rings. The Morgan fingerprint density at radius 3 is 2.63 bits per heavy atom. The van der Waals surface area contributed by atoms with Gasteiger partial charge in [-0.3, -0.25) is 4.79 Å². The van der Waals surface area contributed by atoms with Crippen LogP contribution in [-0.4, -0.2) is 26.5 Å². The number of amides is 1. The maximum Gasteiger partial charge on any atom is 0.241 e. The van der Waals surface area contributed by atoms with E-state index in [0.717, 1.165) is 35.4 Å². The van der Waals surface area contributed by atoms with Crippen LogP contribution in [0.4, 0.5) is 5.69 Å². The molecule has 4 rings (SSSR count). The van der Waals surface area contributed by atoms with Crippen molar-refractivity contribution < 1.29 is 17.9 Å². The van der Waals surface area contributed by atoms with Crippen molar-refractivity contribution in [1.29, 1.82) is 0 Å². The number of nitrogens with one attached hydrogen (secondary N) is 1. The molecular formula is C23H28N2O4S. The molecule has 0 radical (unpaired) electrons. The average Bonchev–Trinajstić information content (AvgIpc) is 3.17. The molecule has 2 aromatic rings. The van der Waals surface area contributed by atoms with Gasteiger partial charge in [-0.15, -0.1) is 0 Å². The van der Waals surface area contributed by atoms with Crippen LogP contribution in [0.1, 0.15) is 57.2 Å². The van der Waals surface area contributed by atoms with Gasteiger partial charge in [0.05, 0.1) is 10.9 Å². The van der Waals surface area contributed by atoms with Crippen molar-refractivity contribution in [2.24, 2.45) is 0 Å². The van der Waals surface area contributed by atoms with Crippen LogP contribution in [0.15, 0.2) is 47.4 Å². The summed E-state index contributed by atoms with van der Waals surface area (Å²) in [6.45, 7) is 6.26. The van der Waals surface area contributed by atoms with Gasteiger partial charge < -0.3 is 9.64 Å². The molecule has 2 aromatic carbocycles. The largest absolute Gasteiger partial charge is 0.487 e. The number of ether oxygens (including phenoxy) is 1. The molecule has 1 atom stereocenters. The highest BCUT2D eigenvalue weighted by atomic mass is 32.2. The zero-order valence-electron chi connectivity index (χ0n) is 17.6. The second kappa shape index (κ2) is 7.71. The van der Waals surface area contributed by atoms with Crippen molar-refractivity contribution >= 4 is 21.6 Å². The van der Waals surface area contributed by atoms with Gasteiger partial charge in [0.2, 0.25) is 15.9 Å². The van der Waals surface area contributed by atoms with Gasteiger partial charge in [-0.1, -0.05) is 32.0 Å². The molecule has 0 saturated carbocycles. The summed E-state index contributed by atoms with van der Waals surface area (Å²) in [7, 11) is -3.74. The number of fused-ring (bicyclic) bond motifs is 2. The number of rotatable bonds is 5. The Hall–Kier alpha value is -2.38. The van der Waals surface area contributed by atoms with Gasteiger partial charge in [0, 0.05) is 31.1 Å². The van der Waals surface area contributed by atoms with E-state index in [1.165, 1.54) is 6.92 Å². The first-order valence-electron chi connectivity index (χ1n) is 10.5. The van der Waals surface area contributed by atoms with Crippen LogP contribution in [0, 0.1) is 0 Å². The summed E-state index contributed by atoms with van der Waals surface area (Å²) in [5.41, 5.74) is 2.16. The lowest BCUT2D eigenvalue weighted by Gasteiger charge is -2.41. The number of hydrogen-bond donors (Lipinski definition) is 1. The maximum atomic E-state index is 13.3. The van der Waals surface area contributed by atoms with Gasteiger partial charge in [0.1, 0.15) is 11.4 Å². The molecule has 2 aliphatic rings. The third-order valence-corrected chi connectivity index (χ3v) is 7.89. The zero-order valence-corrected chi connectivity index (χ0v) is 18.5. The minimum atomic E-state index is -3.74. The number of carbonyl (C=O) groups is 1. The minimum absolute atomic E-state index is 0.0308. The van der Waals surface area contributed by atoms with Crippen LogP contribution < -0.4 is 14.4 Å². The SMILES string of the molecule is CCC1(CC)CC(NS(=O)(=O)c2ccc3c(c2)CCN3C(C)=O)c2ccccc2O1. The quantitative estimate of drug-likeness (QED) is 0.782. The average molecular weight is 429 g/mol. The summed E-state index contributed by atoms with van der Waals surface area (Å²) >= 11 is 0. The van der Waals surface area contributed by atoms with Gasteiger partial charge in [0.15, 0.2) is 0 Å². The Morgan fingerprint density at radius 1 is 1.20 bits per heavy atom. The molecule has 0 saturated heterocycles. The number of hydrogen-bond acceptors (Lipinski definition) is 4. The fourth-order valence-electron chi connectivity index (χ4n) is 4.53. The molecule has 0 spiro atoms. The van der Waals surface area contributed by atoms with Crippen LogP contribution in [0.2, 0.25) is 0 Å². The third-order valence-electron chi connectivity index (χ3n) is 6.42. The lowest BCUT2D eigenvalue weighted by atomic mass is 9.84. The van der Waals surface area contributed by atoms with Gasteiger partial charge in [-0.2, -0.15) is 0 Å². The standard InChI is InChI=1S/C23H28N2O4S/c1-4-23(5-2)15-20(19-8-6-7-9-22(19)29-23)24-30(27,28)18-10-11-21-17(14-18)12-13-25(21)16(3)26/h6-11,14,20,24H,4-5,12-13,15H2,1-3H3. The lowest BCUT2D eigenvalue weighted by Crippen LogP contribution is -2.44. The molecule has 1 N–H and O–H groups in total. The molecule has 0 aromatic heterocycles. The summed E-state index contributed by atoms with van der Waals surface area (Å²) < 4.78 is 35.8. The number of carbonyl (C=O) groups excluding carboxylic acids is 1. The number of benzene rings is 2. The van der Waals surface area contributed by atoms with Gasteiger partial charge >= 0.3 is 0 Å². The van der Waals surface area contributed by atoms with Crippen LogP contribution in [0.25, 0.3) is 0 Å². The molecular weight excluding hydrogens is 400 g/mol. The second-order valence-corrected chi connectivity index (χ2v) is 9.83. The molecule has 0 aliphatic carbocycles. The highest BCUT2D eigenvalue weighted by molar-refractivity contribution is 7.89. The first kappa shape index (κ1) is 20.9. The van der Waals surface area contributed by atoms with E-state index in [1.807, 2.05) is 24.3 Å². The van der Waals surface area contributed by atoms with Crippen LogP contribution in [0.5, 0.6) is 5.75 Å². The summed E-state index contributed by atoms with van der Waals surface area (Å²) in [6, 6.07) is 12.3. The molecule has 30 heavy (non-hydrogen) atoms. The van der Waals surface area contributed by atoms with E-state index in [1.54, 1.807) is 23.1 Å². The molecule has 0 bridgehead atoms. The summed E-state index contributed by atoms with van der Waals surface area (Å²) in [5, 5.41) is 0. The first-order valence-corrected chi connectivity index (χ1v) is 12.0. The van der Waals surface area contributed by atoms with E-state index < -0.39 is 10.0 Å². The molecule has 1 amide bonds. The van der Waals surface area contributed by atoms with Gasteiger partial charge in [-0.05, 0) is 49.1 Å². The first-order chi connectivity index (χ1) is 14.3. The number of para-hydroxylation sites is 1. The fourth-order valence-corrected chi connectivity index (χ4v) is 5.80. The third kappa shape index (κ3) is 3.61. The highest BCUT2D eigenvalue weighted by Gasteiger charge is 2.40. The Bertz CT molecular complexity index is 1080. The molecule has 7 heteroatoms. The molecule has 2 heterocycles. The number of anilines is 1. The summed E-state index contributed by atoms with van der Waals surface area (Å²) in [4.78, 5) is 13.7. The Kier molecular flexibility index (Phi) is 5.36. The predicted molar refractivity (Wildman–Crippen MR) is 116 cm³/mol. The van der Waals surface area contributed by atoms with Crippen molar-refractivity contribution in [3.8, 4) is 5.75 Å². The molecule has 160 valence electrons. The van der Waals surface area contributed by atoms with Crippen LogP contribution in [-0.2, 0) is 21.2 Å². The second-order valence-electron chi connectivity index (χ2n) is 8.12. The van der Waals surface area contributed by atoms with E-state index in [2.05, 4.69) is 18.6 Å². The van der Waals surface area contributed by atoms with Crippen LogP contribution in [0.3, 0.4) is 0 Å². The highest BCUT2D eigenvalue weighted by Crippen LogP contribution is 2.43. The van der Waals surface area contributed by atoms with Crippen molar-refractivity contribution in [1.82, 2.24) is 4.72 Å². The molecule has 1 unspecified atom stereocenters. The number of nitrogens with zero attached hydrogens (tertiary/aromatic N) is 1. The van der Waals surface area contributed by atoms with E-state index in [4.69, 9.17) is 4.74 Å². The van der Waals surface area contributed by atoms with Crippen molar-refractivity contribution in [2.75, 3.05) is 11.4 Å². The van der Waals surface area contributed by atoms with E-state index in [-0.39, 0.29) is 22.4 Å². The predicted octanol–water partition coefficient (Wildman–Crippen LogP) is 3.96. The topological polar surface area (TPSA) is 75.7 Å². The van der Waals surface area contributed by atoms with Crippen LogP contribution >= 0.6 is 0 Å². The molecule has 6 nitrogen and oxygen atoms in total. The monoisotopic (exact) mass is 428 g/mol. The Balaban J connectivity index is 1.66. The van der Waals surface area contributed by atoms with E-state index in [0.29, 0.717) is 19.4 Å². The maximum absolute atomic E-state index is 13.3.